The lowest BCUT2D eigenvalue weighted by molar-refractivity contribution is 0.0949. The smallest absolute Gasteiger partial charge is 0.315 e. The van der Waals surface area contributed by atoms with E-state index in [1.165, 1.54) is 18.2 Å². The van der Waals surface area contributed by atoms with Crippen molar-refractivity contribution in [3.63, 3.8) is 0 Å². The van der Waals surface area contributed by atoms with Crippen LogP contribution in [0.2, 0.25) is 0 Å². The van der Waals surface area contributed by atoms with E-state index in [0.29, 0.717) is 37.6 Å². The van der Waals surface area contributed by atoms with Gasteiger partial charge >= 0.3 is 6.03 Å². The average Bonchev–Trinajstić information content (AvgIpc) is 3.14. The first-order valence-electron chi connectivity index (χ1n) is 8.56. The molecule has 0 aliphatic carbocycles. The Morgan fingerprint density at radius 1 is 0.963 bits per heavy atom. The van der Waals surface area contributed by atoms with Crippen molar-refractivity contribution in [3.05, 3.63) is 59.4 Å². The van der Waals surface area contributed by atoms with E-state index in [1.807, 2.05) is 12.1 Å². The number of ether oxygens (including phenoxy) is 2. The molecule has 0 saturated heterocycles. The highest BCUT2D eigenvalue weighted by Gasteiger charge is 2.13. The molecule has 0 spiro atoms. The molecule has 0 bridgehead atoms. The van der Waals surface area contributed by atoms with E-state index in [1.54, 1.807) is 12.1 Å². The summed E-state index contributed by atoms with van der Waals surface area (Å²) in [7, 11) is 0. The third-order valence-electron chi connectivity index (χ3n) is 3.93. The van der Waals surface area contributed by atoms with E-state index in [9.17, 15) is 14.0 Å². The second kappa shape index (κ2) is 8.88. The van der Waals surface area contributed by atoms with Gasteiger partial charge in [-0.15, -0.1) is 0 Å². The van der Waals surface area contributed by atoms with Crippen molar-refractivity contribution in [2.45, 2.75) is 13.0 Å². The Hall–Kier alpha value is -3.29. The summed E-state index contributed by atoms with van der Waals surface area (Å²) in [6.45, 7) is 1.27. The predicted octanol–water partition coefficient (Wildman–Crippen LogP) is 2.17. The molecule has 0 saturated carbocycles. The molecular formula is C19H20FN3O4. The number of carbonyl (C=O) groups is 2. The lowest BCUT2D eigenvalue weighted by Crippen LogP contribution is -2.37. The molecule has 3 N–H and O–H groups in total. The van der Waals surface area contributed by atoms with Gasteiger partial charge in [0.25, 0.3) is 5.91 Å². The molecule has 7 nitrogen and oxygen atoms in total. The SMILES string of the molecule is O=C(NCCCNC(=O)c1ccccc1F)NCc1ccc2c(c1)OCO2. The van der Waals surface area contributed by atoms with Crippen molar-refractivity contribution in [1.29, 1.82) is 0 Å². The summed E-state index contributed by atoms with van der Waals surface area (Å²) in [5.41, 5.74) is 0.901. The Morgan fingerprint density at radius 3 is 2.59 bits per heavy atom. The van der Waals surface area contributed by atoms with Crippen LogP contribution >= 0.6 is 0 Å². The highest BCUT2D eigenvalue weighted by molar-refractivity contribution is 5.94. The van der Waals surface area contributed by atoms with Gasteiger partial charge in [0, 0.05) is 19.6 Å². The van der Waals surface area contributed by atoms with Gasteiger partial charge in [-0.3, -0.25) is 4.79 Å². The third kappa shape index (κ3) is 5.10. The van der Waals surface area contributed by atoms with Crippen molar-refractivity contribution in [2.75, 3.05) is 19.9 Å². The Labute approximate surface area is 155 Å². The van der Waals surface area contributed by atoms with Crippen LogP contribution in [0.5, 0.6) is 11.5 Å². The quantitative estimate of drug-likeness (QED) is 0.649. The van der Waals surface area contributed by atoms with Gasteiger partial charge in [-0.1, -0.05) is 18.2 Å². The predicted molar refractivity (Wildman–Crippen MR) is 96.2 cm³/mol. The highest BCUT2D eigenvalue weighted by atomic mass is 19.1. The molecule has 2 aromatic carbocycles. The van der Waals surface area contributed by atoms with Crippen molar-refractivity contribution >= 4 is 11.9 Å². The van der Waals surface area contributed by atoms with Crippen LogP contribution in [0.15, 0.2) is 42.5 Å². The molecule has 142 valence electrons. The Bertz CT molecular complexity index is 828. The average molecular weight is 373 g/mol. The van der Waals surface area contributed by atoms with Gasteiger partial charge in [0.1, 0.15) is 5.82 Å². The fraction of sp³-hybridized carbons (Fsp3) is 0.263. The van der Waals surface area contributed by atoms with Crippen LogP contribution in [0.1, 0.15) is 22.3 Å². The summed E-state index contributed by atoms with van der Waals surface area (Å²) in [6.07, 6.45) is 0.525. The number of nitrogens with one attached hydrogen (secondary N) is 3. The molecule has 0 unspecified atom stereocenters. The molecule has 27 heavy (non-hydrogen) atoms. The van der Waals surface area contributed by atoms with Crippen LogP contribution < -0.4 is 25.4 Å². The minimum Gasteiger partial charge on any atom is -0.454 e. The Balaban J connectivity index is 1.31. The molecule has 0 aromatic heterocycles. The number of carbonyl (C=O) groups excluding carboxylic acids is 2. The van der Waals surface area contributed by atoms with Crippen molar-refractivity contribution in [1.82, 2.24) is 16.0 Å². The molecule has 3 amide bonds. The third-order valence-corrected chi connectivity index (χ3v) is 3.93. The number of halogens is 1. The van der Waals surface area contributed by atoms with E-state index in [0.717, 1.165) is 5.56 Å². The normalized spacial score (nSPS) is 11.7. The Kier molecular flexibility index (Phi) is 6.09. The van der Waals surface area contributed by atoms with Gasteiger partial charge in [-0.2, -0.15) is 0 Å². The van der Waals surface area contributed by atoms with E-state index in [4.69, 9.17) is 9.47 Å². The number of rotatable bonds is 7. The summed E-state index contributed by atoms with van der Waals surface area (Å²) in [6, 6.07) is 11.0. The largest absolute Gasteiger partial charge is 0.454 e. The van der Waals surface area contributed by atoms with E-state index in [-0.39, 0.29) is 18.4 Å². The molecule has 0 atom stereocenters. The fourth-order valence-corrected chi connectivity index (χ4v) is 2.53. The van der Waals surface area contributed by atoms with E-state index >= 15 is 0 Å². The molecule has 3 rings (SSSR count). The number of urea groups is 1. The van der Waals surface area contributed by atoms with Gasteiger partial charge in [-0.05, 0) is 36.2 Å². The van der Waals surface area contributed by atoms with Crippen LogP contribution in [-0.4, -0.2) is 31.8 Å². The fourth-order valence-electron chi connectivity index (χ4n) is 2.53. The minimum absolute atomic E-state index is 0.00642. The first-order valence-corrected chi connectivity index (χ1v) is 8.56. The second-order valence-corrected chi connectivity index (χ2v) is 5.89. The van der Waals surface area contributed by atoms with Crippen molar-refractivity contribution in [2.24, 2.45) is 0 Å². The first kappa shape index (κ1) is 18.5. The van der Waals surface area contributed by atoms with Gasteiger partial charge in [0.2, 0.25) is 6.79 Å². The molecule has 1 aliphatic rings. The standard InChI is InChI=1S/C19H20FN3O4/c20-15-5-2-1-4-14(15)18(24)21-8-3-9-22-19(25)23-11-13-6-7-16-17(10-13)27-12-26-16/h1-2,4-7,10H,3,8-9,11-12H2,(H,21,24)(H2,22,23,25). The lowest BCUT2D eigenvalue weighted by atomic mass is 10.2. The number of amides is 3. The molecule has 1 heterocycles. The van der Waals surface area contributed by atoms with Crippen LogP contribution in [0.4, 0.5) is 9.18 Å². The monoisotopic (exact) mass is 373 g/mol. The summed E-state index contributed by atoms with van der Waals surface area (Å²) in [5, 5.41) is 8.06. The maximum Gasteiger partial charge on any atom is 0.315 e. The molecule has 0 fully saturated rings. The number of hydrogen-bond donors (Lipinski definition) is 3. The summed E-state index contributed by atoms with van der Waals surface area (Å²) in [5.74, 6) is 0.331. The molecule has 2 aromatic rings. The molecule has 0 radical (unpaired) electrons. The van der Waals surface area contributed by atoms with Gasteiger partial charge < -0.3 is 25.4 Å². The van der Waals surface area contributed by atoms with Crippen LogP contribution in [0, 0.1) is 5.82 Å². The van der Waals surface area contributed by atoms with Crippen molar-refractivity contribution in [3.8, 4) is 11.5 Å². The van der Waals surface area contributed by atoms with E-state index in [2.05, 4.69) is 16.0 Å². The zero-order valence-electron chi connectivity index (χ0n) is 14.6. The molecule has 1 aliphatic heterocycles. The number of hydrogen-bond acceptors (Lipinski definition) is 4. The zero-order chi connectivity index (χ0) is 19.1. The summed E-state index contributed by atoms with van der Waals surface area (Å²) in [4.78, 5) is 23.6. The lowest BCUT2D eigenvalue weighted by Gasteiger charge is -2.09. The van der Waals surface area contributed by atoms with E-state index < -0.39 is 11.7 Å². The number of fused-ring (bicyclic) bond motifs is 1. The van der Waals surface area contributed by atoms with Gasteiger partial charge in [0.15, 0.2) is 11.5 Å². The highest BCUT2D eigenvalue weighted by Crippen LogP contribution is 2.32. The minimum atomic E-state index is -0.559. The van der Waals surface area contributed by atoms with Gasteiger partial charge in [-0.25, -0.2) is 9.18 Å². The topological polar surface area (TPSA) is 88.7 Å². The first-order chi connectivity index (χ1) is 13.1. The van der Waals surface area contributed by atoms with Crippen molar-refractivity contribution < 1.29 is 23.5 Å². The second-order valence-electron chi connectivity index (χ2n) is 5.89. The summed E-state index contributed by atoms with van der Waals surface area (Å²) < 4.78 is 24.0. The number of benzene rings is 2. The van der Waals surface area contributed by atoms with Gasteiger partial charge in [0.05, 0.1) is 5.56 Å². The molecule has 8 heteroatoms. The molecular weight excluding hydrogens is 353 g/mol. The zero-order valence-corrected chi connectivity index (χ0v) is 14.6. The maximum atomic E-state index is 13.5. The summed E-state index contributed by atoms with van der Waals surface area (Å²) >= 11 is 0. The van der Waals surface area contributed by atoms with Crippen LogP contribution in [0.25, 0.3) is 0 Å². The Morgan fingerprint density at radius 2 is 1.74 bits per heavy atom. The van der Waals surface area contributed by atoms with Crippen LogP contribution in [-0.2, 0) is 6.54 Å². The van der Waals surface area contributed by atoms with Crippen LogP contribution in [0.3, 0.4) is 0 Å². The maximum absolute atomic E-state index is 13.5.